The van der Waals surface area contributed by atoms with Crippen molar-refractivity contribution < 1.29 is 28.6 Å². The zero-order valence-electron chi connectivity index (χ0n) is 53.6. The van der Waals surface area contributed by atoms with Crippen molar-refractivity contribution in [2.75, 3.05) is 13.2 Å². The second-order valence-corrected chi connectivity index (χ2v) is 23.8. The van der Waals surface area contributed by atoms with Crippen molar-refractivity contribution in [3.05, 3.63) is 60.8 Å². The van der Waals surface area contributed by atoms with Gasteiger partial charge in [-0.15, -0.1) is 0 Å². The number of allylic oxidation sites excluding steroid dienone is 10. The first-order valence-corrected chi connectivity index (χ1v) is 35.3. The zero-order chi connectivity index (χ0) is 57.8. The van der Waals surface area contributed by atoms with Crippen LogP contribution in [0.2, 0.25) is 0 Å². The molecule has 0 aromatic rings. The first-order chi connectivity index (χ1) is 39.5. The van der Waals surface area contributed by atoms with Crippen LogP contribution in [0, 0.1) is 0 Å². The third-order valence-electron chi connectivity index (χ3n) is 15.8. The molecule has 1 atom stereocenters. The normalized spacial score (nSPS) is 12.4. The van der Waals surface area contributed by atoms with Gasteiger partial charge in [0.25, 0.3) is 0 Å². The summed E-state index contributed by atoms with van der Waals surface area (Å²) in [4.78, 5) is 38.4. The highest BCUT2D eigenvalue weighted by Gasteiger charge is 2.19. The van der Waals surface area contributed by atoms with Gasteiger partial charge in [0.2, 0.25) is 0 Å². The van der Waals surface area contributed by atoms with Crippen LogP contribution in [0.15, 0.2) is 60.8 Å². The SMILES string of the molecule is CC/C=C\C/C=C\C/C=C\CCCCCCCCCC(=O)OC(COC(=O)CCCCCCCCCCCCCCCC)COC(=O)CCCCCCCCCCCCCCCCCCCCC/C=C\C/C=C\CCCCCCC. The molecule has 0 aliphatic heterocycles. The minimum Gasteiger partial charge on any atom is -0.462 e. The number of unbranched alkanes of at least 4 members (excludes halogenated alkanes) is 44. The fraction of sp³-hybridized carbons (Fsp3) is 0.824. The molecule has 0 heterocycles. The minimum atomic E-state index is -0.778. The van der Waals surface area contributed by atoms with Crippen molar-refractivity contribution in [2.24, 2.45) is 0 Å². The van der Waals surface area contributed by atoms with Crippen LogP contribution < -0.4 is 0 Å². The molecule has 0 aromatic carbocycles. The van der Waals surface area contributed by atoms with Crippen molar-refractivity contribution in [3.8, 4) is 0 Å². The average molecular weight is 1120 g/mol. The molecule has 0 radical (unpaired) electrons. The van der Waals surface area contributed by atoms with Gasteiger partial charge in [-0.1, -0.05) is 332 Å². The van der Waals surface area contributed by atoms with Crippen LogP contribution in [0.1, 0.15) is 374 Å². The first kappa shape index (κ1) is 77.1. The quantitative estimate of drug-likeness (QED) is 0.0261. The van der Waals surface area contributed by atoms with Crippen molar-refractivity contribution in [2.45, 2.75) is 380 Å². The first-order valence-electron chi connectivity index (χ1n) is 35.3. The van der Waals surface area contributed by atoms with E-state index in [0.29, 0.717) is 19.3 Å². The molecule has 0 bridgehead atoms. The van der Waals surface area contributed by atoms with E-state index in [2.05, 4.69) is 81.5 Å². The lowest BCUT2D eigenvalue weighted by Crippen LogP contribution is -2.30. The largest absolute Gasteiger partial charge is 0.462 e. The molecule has 0 fully saturated rings. The lowest BCUT2D eigenvalue weighted by molar-refractivity contribution is -0.167. The van der Waals surface area contributed by atoms with Gasteiger partial charge in [-0.2, -0.15) is 0 Å². The number of hydrogen-bond acceptors (Lipinski definition) is 6. The summed E-state index contributed by atoms with van der Waals surface area (Å²) in [6, 6.07) is 0. The Morgan fingerprint density at radius 2 is 0.487 bits per heavy atom. The molecular weight excluding hydrogens is 985 g/mol. The number of esters is 3. The highest BCUT2D eigenvalue weighted by molar-refractivity contribution is 5.71. The summed E-state index contributed by atoms with van der Waals surface area (Å²) in [5, 5.41) is 0. The Balaban J connectivity index is 4.17. The van der Waals surface area contributed by atoms with Crippen LogP contribution in [0.25, 0.3) is 0 Å². The number of carbonyl (C=O) groups is 3. The van der Waals surface area contributed by atoms with Crippen LogP contribution in [-0.4, -0.2) is 37.2 Å². The Morgan fingerprint density at radius 1 is 0.263 bits per heavy atom. The zero-order valence-corrected chi connectivity index (χ0v) is 53.6. The van der Waals surface area contributed by atoms with E-state index in [-0.39, 0.29) is 31.1 Å². The van der Waals surface area contributed by atoms with Crippen LogP contribution in [-0.2, 0) is 28.6 Å². The van der Waals surface area contributed by atoms with Gasteiger partial charge in [0.1, 0.15) is 13.2 Å². The summed E-state index contributed by atoms with van der Waals surface area (Å²) in [6.07, 6.45) is 88.3. The van der Waals surface area contributed by atoms with E-state index in [1.807, 2.05) is 0 Å². The molecule has 0 amide bonds. The topological polar surface area (TPSA) is 78.9 Å². The van der Waals surface area contributed by atoms with Crippen molar-refractivity contribution in [1.82, 2.24) is 0 Å². The standard InChI is InChI=1S/C74H134O6/c1-4-7-10-13-16-19-22-25-28-30-31-32-33-34-35-36-37-38-39-40-41-42-43-45-46-49-52-55-58-61-64-67-73(76)79-70-71(69-78-72(75)66-63-60-57-54-51-48-27-24-21-18-15-12-9-6-3)80-74(77)68-65-62-59-56-53-50-47-44-29-26-23-20-17-14-11-8-5-2/h8,11,17,20,22,25-26,29-31,71H,4-7,9-10,12-16,18-19,21,23-24,27-28,32-70H2,1-3H3/b11-8-,20-17-,25-22-,29-26-,31-30-. The molecule has 0 aromatic heterocycles. The van der Waals surface area contributed by atoms with Crippen LogP contribution >= 0.6 is 0 Å². The molecule has 0 aliphatic carbocycles. The van der Waals surface area contributed by atoms with Gasteiger partial charge >= 0.3 is 17.9 Å². The second kappa shape index (κ2) is 68.6. The number of rotatable bonds is 65. The molecule has 466 valence electrons. The van der Waals surface area contributed by atoms with Crippen molar-refractivity contribution in [3.63, 3.8) is 0 Å². The van der Waals surface area contributed by atoms with Gasteiger partial charge in [-0.05, 0) is 83.5 Å². The summed E-state index contributed by atoms with van der Waals surface area (Å²) >= 11 is 0. The van der Waals surface area contributed by atoms with E-state index in [1.165, 1.54) is 244 Å². The fourth-order valence-corrected chi connectivity index (χ4v) is 10.5. The Bertz CT molecular complexity index is 1430. The van der Waals surface area contributed by atoms with Gasteiger partial charge in [-0.3, -0.25) is 14.4 Å². The van der Waals surface area contributed by atoms with Gasteiger partial charge in [0.05, 0.1) is 0 Å². The molecular formula is C74H134O6. The maximum atomic E-state index is 12.9. The minimum absolute atomic E-state index is 0.0732. The van der Waals surface area contributed by atoms with Crippen LogP contribution in [0.3, 0.4) is 0 Å². The summed E-state index contributed by atoms with van der Waals surface area (Å²) in [5.41, 5.74) is 0. The fourth-order valence-electron chi connectivity index (χ4n) is 10.5. The van der Waals surface area contributed by atoms with E-state index in [0.717, 1.165) is 89.9 Å². The Hall–Kier alpha value is -2.89. The number of carbonyl (C=O) groups excluding carboxylic acids is 3. The molecule has 0 saturated heterocycles. The van der Waals surface area contributed by atoms with Crippen molar-refractivity contribution in [1.29, 1.82) is 0 Å². The molecule has 6 heteroatoms. The average Bonchev–Trinajstić information content (AvgIpc) is 3.46. The van der Waals surface area contributed by atoms with Crippen LogP contribution in [0.4, 0.5) is 0 Å². The molecule has 0 rings (SSSR count). The molecule has 0 aliphatic rings. The summed E-state index contributed by atoms with van der Waals surface area (Å²) in [6.45, 7) is 6.57. The van der Waals surface area contributed by atoms with E-state index >= 15 is 0 Å². The van der Waals surface area contributed by atoms with Gasteiger partial charge in [0, 0.05) is 19.3 Å². The summed E-state index contributed by atoms with van der Waals surface area (Å²) in [5.74, 6) is -0.859. The number of ether oxygens (including phenoxy) is 3. The van der Waals surface area contributed by atoms with Crippen molar-refractivity contribution >= 4 is 17.9 Å². The van der Waals surface area contributed by atoms with Crippen LogP contribution in [0.5, 0.6) is 0 Å². The van der Waals surface area contributed by atoms with E-state index < -0.39 is 6.10 Å². The molecule has 6 nitrogen and oxygen atoms in total. The maximum absolute atomic E-state index is 12.9. The van der Waals surface area contributed by atoms with E-state index in [9.17, 15) is 14.4 Å². The van der Waals surface area contributed by atoms with Gasteiger partial charge in [0.15, 0.2) is 6.10 Å². The predicted molar refractivity (Wildman–Crippen MR) is 348 cm³/mol. The highest BCUT2D eigenvalue weighted by atomic mass is 16.6. The summed E-state index contributed by atoms with van der Waals surface area (Å²) in [7, 11) is 0. The number of hydrogen-bond donors (Lipinski definition) is 0. The Kier molecular flexibility index (Phi) is 66.1. The molecule has 0 saturated carbocycles. The maximum Gasteiger partial charge on any atom is 0.306 e. The predicted octanol–water partition coefficient (Wildman–Crippen LogP) is 24.3. The van der Waals surface area contributed by atoms with E-state index in [4.69, 9.17) is 14.2 Å². The van der Waals surface area contributed by atoms with E-state index in [1.54, 1.807) is 0 Å². The second-order valence-electron chi connectivity index (χ2n) is 23.8. The molecule has 0 spiro atoms. The smallest absolute Gasteiger partial charge is 0.306 e. The third-order valence-corrected chi connectivity index (χ3v) is 15.8. The molecule has 0 N–H and O–H groups in total. The monoisotopic (exact) mass is 1120 g/mol. The Morgan fingerprint density at radius 3 is 0.762 bits per heavy atom. The van der Waals surface area contributed by atoms with Gasteiger partial charge in [-0.25, -0.2) is 0 Å². The molecule has 1 unspecified atom stereocenters. The molecule has 80 heavy (non-hydrogen) atoms. The lowest BCUT2D eigenvalue weighted by Gasteiger charge is -2.18. The highest BCUT2D eigenvalue weighted by Crippen LogP contribution is 2.18. The summed E-state index contributed by atoms with van der Waals surface area (Å²) < 4.78 is 17.0. The van der Waals surface area contributed by atoms with Gasteiger partial charge < -0.3 is 14.2 Å². The Labute approximate surface area is 498 Å². The lowest BCUT2D eigenvalue weighted by atomic mass is 10.0. The third kappa shape index (κ3) is 65.9.